The van der Waals surface area contributed by atoms with Crippen LogP contribution in [-0.4, -0.2) is 7.11 Å². The molecule has 1 nitrogen and oxygen atoms in total. The molecule has 1 fully saturated rings. The number of rotatable bonds is 5. The van der Waals surface area contributed by atoms with Crippen molar-refractivity contribution < 1.29 is 4.74 Å². The van der Waals surface area contributed by atoms with Crippen LogP contribution in [-0.2, 0) is 0 Å². The Kier molecular flexibility index (Phi) is 5.86. The van der Waals surface area contributed by atoms with E-state index in [0.29, 0.717) is 5.02 Å². The summed E-state index contributed by atoms with van der Waals surface area (Å²) in [7, 11) is 1.66. The number of methoxy groups -OCH3 is 1. The summed E-state index contributed by atoms with van der Waals surface area (Å²) in [6.45, 7) is 0. The predicted octanol–water partition coefficient (Wildman–Crippen LogP) is 6.36. The average molecular weight is 366 g/mol. The maximum Gasteiger partial charge on any atom is 0.137 e. The van der Waals surface area contributed by atoms with Crippen molar-refractivity contribution in [1.82, 2.24) is 0 Å². The Bertz CT molecular complexity index is 430. The largest absolute Gasteiger partial charge is 0.495 e. The highest BCUT2D eigenvalue weighted by molar-refractivity contribution is 9.10. The van der Waals surface area contributed by atoms with Crippen molar-refractivity contribution in [2.75, 3.05) is 7.11 Å². The minimum Gasteiger partial charge on any atom is -0.495 e. The number of ether oxygens (including phenoxy) is 1. The van der Waals surface area contributed by atoms with E-state index in [9.17, 15) is 0 Å². The second-order valence-electron chi connectivity index (χ2n) is 5.21. The highest BCUT2D eigenvalue weighted by Gasteiger charge is 2.20. The predicted molar refractivity (Wildman–Crippen MR) is 85.5 cm³/mol. The summed E-state index contributed by atoms with van der Waals surface area (Å²) in [6, 6.07) is 3.75. The Hall–Kier alpha value is 0.0800. The Morgan fingerprint density at radius 3 is 2.68 bits per heavy atom. The molecule has 0 N–H and O–H groups in total. The van der Waals surface area contributed by atoms with Crippen LogP contribution in [0, 0.1) is 5.92 Å². The van der Waals surface area contributed by atoms with E-state index in [1.54, 1.807) is 7.11 Å². The van der Waals surface area contributed by atoms with Crippen LogP contribution in [0.5, 0.6) is 5.75 Å². The molecule has 1 saturated carbocycles. The smallest absolute Gasteiger partial charge is 0.137 e. The van der Waals surface area contributed by atoms with Gasteiger partial charge in [-0.1, -0.05) is 37.3 Å². The zero-order valence-corrected chi connectivity index (χ0v) is 14.2. The second-order valence-corrected chi connectivity index (χ2v) is 7.02. The molecule has 2 rings (SSSR count). The minimum absolute atomic E-state index is 0.0365. The summed E-state index contributed by atoms with van der Waals surface area (Å²) >= 11 is 16.1. The fourth-order valence-electron chi connectivity index (χ4n) is 2.86. The van der Waals surface area contributed by atoms with E-state index in [2.05, 4.69) is 15.9 Å². The molecule has 4 heteroatoms. The van der Waals surface area contributed by atoms with Gasteiger partial charge in [0.05, 0.1) is 17.0 Å². The first-order chi connectivity index (χ1) is 9.11. The van der Waals surface area contributed by atoms with Gasteiger partial charge in [-0.25, -0.2) is 0 Å². The van der Waals surface area contributed by atoms with Gasteiger partial charge in [-0.3, -0.25) is 0 Å². The molecule has 0 spiro atoms. The van der Waals surface area contributed by atoms with Crippen molar-refractivity contribution >= 4 is 39.1 Å². The summed E-state index contributed by atoms with van der Waals surface area (Å²) in [5.74, 6) is 1.66. The van der Waals surface area contributed by atoms with Gasteiger partial charge in [0, 0.05) is 10.6 Å². The van der Waals surface area contributed by atoms with E-state index in [-0.39, 0.29) is 5.38 Å². The topological polar surface area (TPSA) is 9.23 Å². The lowest BCUT2D eigenvalue weighted by atomic mass is 9.97. The zero-order chi connectivity index (χ0) is 13.8. The molecule has 1 unspecified atom stereocenters. The Balaban J connectivity index is 2.06. The molecule has 19 heavy (non-hydrogen) atoms. The number of hydrogen-bond acceptors (Lipinski definition) is 1. The molecule has 1 aromatic carbocycles. The van der Waals surface area contributed by atoms with E-state index < -0.39 is 0 Å². The summed E-state index contributed by atoms with van der Waals surface area (Å²) in [6.07, 6.45) is 7.66. The van der Waals surface area contributed by atoms with Crippen LogP contribution in [0.15, 0.2) is 16.6 Å². The maximum atomic E-state index is 6.55. The second kappa shape index (κ2) is 7.19. The van der Waals surface area contributed by atoms with Crippen LogP contribution < -0.4 is 4.74 Å². The van der Waals surface area contributed by atoms with Crippen molar-refractivity contribution in [1.29, 1.82) is 0 Å². The zero-order valence-electron chi connectivity index (χ0n) is 11.1. The number of alkyl halides is 1. The van der Waals surface area contributed by atoms with Gasteiger partial charge >= 0.3 is 0 Å². The van der Waals surface area contributed by atoms with Crippen LogP contribution in [0.1, 0.15) is 49.5 Å². The number of benzene rings is 1. The molecule has 1 aliphatic carbocycles. The van der Waals surface area contributed by atoms with E-state index in [4.69, 9.17) is 27.9 Å². The highest BCUT2D eigenvalue weighted by Crippen LogP contribution is 2.41. The Morgan fingerprint density at radius 1 is 1.37 bits per heavy atom. The van der Waals surface area contributed by atoms with Gasteiger partial charge in [-0.05, 0) is 46.8 Å². The van der Waals surface area contributed by atoms with Gasteiger partial charge in [-0.15, -0.1) is 11.6 Å². The quantitative estimate of drug-likeness (QED) is 0.551. The van der Waals surface area contributed by atoms with Crippen LogP contribution in [0.25, 0.3) is 0 Å². The third kappa shape index (κ3) is 4.03. The number of hydrogen-bond donors (Lipinski definition) is 0. The first-order valence-corrected chi connectivity index (χ1v) is 8.39. The molecular weight excluding hydrogens is 347 g/mol. The van der Waals surface area contributed by atoms with Gasteiger partial charge in [0.15, 0.2) is 0 Å². The molecule has 1 aromatic rings. The molecule has 0 aliphatic heterocycles. The maximum absolute atomic E-state index is 6.55. The highest BCUT2D eigenvalue weighted by atomic mass is 79.9. The van der Waals surface area contributed by atoms with Crippen molar-refractivity contribution in [3.05, 3.63) is 27.2 Å². The average Bonchev–Trinajstić information content (AvgIpc) is 2.88. The first-order valence-electron chi connectivity index (χ1n) is 6.78. The molecular formula is C15H19BrCl2O. The lowest BCUT2D eigenvalue weighted by Crippen LogP contribution is -2.00. The summed E-state index contributed by atoms with van der Waals surface area (Å²) < 4.78 is 6.30. The van der Waals surface area contributed by atoms with Crippen LogP contribution in [0.3, 0.4) is 0 Å². The molecule has 1 atom stereocenters. The van der Waals surface area contributed by atoms with Crippen LogP contribution >= 0.6 is 39.1 Å². The van der Waals surface area contributed by atoms with Crippen molar-refractivity contribution in [2.45, 2.75) is 43.9 Å². The van der Waals surface area contributed by atoms with Gasteiger partial charge in [-0.2, -0.15) is 0 Å². The third-order valence-electron chi connectivity index (χ3n) is 3.88. The fourth-order valence-corrected chi connectivity index (χ4v) is 4.15. The van der Waals surface area contributed by atoms with Gasteiger partial charge in [0.1, 0.15) is 5.75 Å². The van der Waals surface area contributed by atoms with Gasteiger partial charge < -0.3 is 4.74 Å². The van der Waals surface area contributed by atoms with Gasteiger partial charge in [0.2, 0.25) is 0 Å². The molecule has 0 heterocycles. The molecule has 0 bridgehead atoms. The molecule has 106 valence electrons. The molecule has 0 amide bonds. The van der Waals surface area contributed by atoms with Crippen LogP contribution in [0.2, 0.25) is 5.02 Å². The molecule has 0 aromatic heterocycles. The summed E-state index contributed by atoms with van der Waals surface area (Å²) in [5.41, 5.74) is 0.988. The Morgan fingerprint density at radius 2 is 2.05 bits per heavy atom. The summed E-state index contributed by atoms with van der Waals surface area (Å²) in [5, 5.41) is 0.653. The minimum atomic E-state index is -0.0365. The van der Waals surface area contributed by atoms with E-state index >= 15 is 0 Å². The molecule has 0 radical (unpaired) electrons. The standard InChI is InChI=1S/C15H19BrCl2O/c1-19-15-12(8-11(17)9-13(15)16)14(18)7-6-10-4-2-3-5-10/h8-10,14H,2-7H2,1H3. The first kappa shape index (κ1) is 15.5. The molecule has 1 aliphatic rings. The van der Waals surface area contributed by atoms with Crippen LogP contribution in [0.4, 0.5) is 0 Å². The van der Waals surface area contributed by atoms with E-state index in [0.717, 1.165) is 28.1 Å². The number of halogens is 3. The monoisotopic (exact) mass is 364 g/mol. The van der Waals surface area contributed by atoms with Crippen molar-refractivity contribution in [3.8, 4) is 5.75 Å². The summed E-state index contributed by atoms with van der Waals surface area (Å²) in [4.78, 5) is 0. The lowest BCUT2D eigenvalue weighted by Gasteiger charge is -2.17. The molecule has 0 saturated heterocycles. The van der Waals surface area contributed by atoms with E-state index in [1.165, 1.54) is 32.1 Å². The van der Waals surface area contributed by atoms with Gasteiger partial charge in [0.25, 0.3) is 0 Å². The third-order valence-corrected chi connectivity index (χ3v) is 5.14. The van der Waals surface area contributed by atoms with E-state index in [1.807, 2.05) is 12.1 Å². The fraction of sp³-hybridized carbons (Fsp3) is 0.600. The normalized spacial score (nSPS) is 17.7. The lowest BCUT2D eigenvalue weighted by molar-refractivity contribution is 0.403. The SMILES string of the molecule is COc1c(Br)cc(Cl)cc1C(Cl)CCC1CCCC1. The Labute approximate surface area is 133 Å². The van der Waals surface area contributed by atoms with Crippen molar-refractivity contribution in [2.24, 2.45) is 5.92 Å². The van der Waals surface area contributed by atoms with Crippen molar-refractivity contribution in [3.63, 3.8) is 0 Å².